The maximum Gasteiger partial charge on any atom is 0.490 e. The Kier molecular flexibility index (Phi) is 9.50. The summed E-state index contributed by atoms with van der Waals surface area (Å²) in [6, 6.07) is 15.2. The molecular weight excluding hydrogens is 527 g/mol. The Labute approximate surface area is 232 Å². The predicted octanol–water partition coefficient (Wildman–Crippen LogP) is 3.78. The van der Waals surface area contributed by atoms with E-state index < -0.39 is 12.1 Å². The number of alkyl halides is 3. The van der Waals surface area contributed by atoms with Gasteiger partial charge in [-0.05, 0) is 60.3 Å². The first kappa shape index (κ1) is 30.0. The van der Waals surface area contributed by atoms with Crippen LogP contribution in [-0.2, 0) is 31.1 Å². The summed E-state index contributed by atoms with van der Waals surface area (Å²) in [6.07, 6.45) is -3.16. The number of nitrogens with zero attached hydrogens (tertiary/aromatic N) is 3. The van der Waals surface area contributed by atoms with Crippen molar-refractivity contribution in [3.8, 4) is 11.1 Å². The lowest BCUT2D eigenvalue weighted by Crippen LogP contribution is -2.49. The van der Waals surface area contributed by atoms with Crippen LogP contribution in [0.3, 0.4) is 0 Å². The second-order valence-corrected chi connectivity index (χ2v) is 10.6. The zero-order chi connectivity index (χ0) is 28.9. The summed E-state index contributed by atoms with van der Waals surface area (Å²) in [7, 11) is 3.87. The molecule has 218 valence electrons. The van der Waals surface area contributed by atoms with Crippen molar-refractivity contribution in [1.29, 1.82) is 0 Å². The zero-order valence-electron chi connectivity index (χ0n) is 22.9. The number of rotatable bonds is 5. The fourth-order valence-corrected chi connectivity index (χ4v) is 5.55. The van der Waals surface area contributed by atoms with Crippen LogP contribution in [0.1, 0.15) is 24.0 Å². The molecule has 3 aliphatic heterocycles. The molecule has 0 saturated carbocycles. The minimum atomic E-state index is -5.08. The minimum absolute atomic E-state index is 0.00842. The summed E-state index contributed by atoms with van der Waals surface area (Å²) in [6.45, 7) is 7.35. The van der Waals surface area contributed by atoms with Gasteiger partial charge in [0.1, 0.15) is 0 Å². The highest BCUT2D eigenvalue weighted by Gasteiger charge is 2.46. The third-order valence-corrected chi connectivity index (χ3v) is 7.84. The average Bonchev–Trinajstić information content (AvgIpc) is 3.23. The van der Waals surface area contributed by atoms with Crippen LogP contribution in [-0.4, -0.2) is 99.6 Å². The van der Waals surface area contributed by atoms with E-state index in [-0.39, 0.29) is 11.3 Å². The van der Waals surface area contributed by atoms with E-state index in [9.17, 15) is 18.0 Å². The molecule has 0 bridgehead atoms. The van der Waals surface area contributed by atoms with Gasteiger partial charge in [-0.1, -0.05) is 24.3 Å². The third-order valence-electron chi connectivity index (χ3n) is 7.84. The number of carbonyl (C=O) groups excluding carboxylic acids is 1. The van der Waals surface area contributed by atoms with E-state index >= 15 is 0 Å². The van der Waals surface area contributed by atoms with Gasteiger partial charge in [-0.3, -0.25) is 9.69 Å². The highest BCUT2D eigenvalue weighted by Crippen LogP contribution is 2.48. The van der Waals surface area contributed by atoms with Gasteiger partial charge in [0.15, 0.2) is 0 Å². The zero-order valence-corrected chi connectivity index (χ0v) is 22.9. The first-order valence-corrected chi connectivity index (χ1v) is 13.3. The van der Waals surface area contributed by atoms with Crippen molar-refractivity contribution in [1.82, 2.24) is 9.80 Å². The summed E-state index contributed by atoms with van der Waals surface area (Å²) in [4.78, 5) is 29.1. The van der Waals surface area contributed by atoms with E-state index in [2.05, 4.69) is 64.2 Å². The van der Waals surface area contributed by atoms with Crippen molar-refractivity contribution in [2.24, 2.45) is 0 Å². The molecule has 2 aromatic carbocycles. The van der Waals surface area contributed by atoms with E-state index in [0.29, 0.717) is 13.2 Å². The number of amides is 1. The first-order valence-electron chi connectivity index (χ1n) is 13.3. The van der Waals surface area contributed by atoms with Gasteiger partial charge in [-0.25, -0.2) is 4.79 Å². The number of piperazine rings is 1. The molecule has 3 aliphatic rings. The lowest BCUT2D eigenvalue weighted by atomic mass is 9.75. The first-order chi connectivity index (χ1) is 19.0. The quantitative estimate of drug-likeness (QED) is 0.593. The van der Waals surface area contributed by atoms with E-state index in [0.717, 1.165) is 64.5 Å². The number of methoxy groups -OCH3 is 1. The van der Waals surface area contributed by atoms with E-state index in [1.165, 1.54) is 22.3 Å². The number of ether oxygens (including phenoxy) is 2. The van der Waals surface area contributed by atoms with Gasteiger partial charge in [-0.15, -0.1) is 0 Å². The largest absolute Gasteiger partial charge is 0.490 e. The van der Waals surface area contributed by atoms with Gasteiger partial charge in [-0.2, -0.15) is 13.2 Å². The smallest absolute Gasteiger partial charge is 0.475 e. The predicted molar refractivity (Wildman–Crippen MR) is 144 cm³/mol. The Morgan fingerprint density at radius 2 is 1.68 bits per heavy atom. The third kappa shape index (κ3) is 7.01. The number of hydrogen-bond acceptors (Lipinski definition) is 6. The molecule has 0 atom stereocenters. The van der Waals surface area contributed by atoms with E-state index in [1.54, 1.807) is 7.11 Å². The number of carboxylic acid groups (broad SMARTS) is 1. The van der Waals surface area contributed by atoms with Gasteiger partial charge in [0.25, 0.3) is 0 Å². The molecule has 0 unspecified atom stereocenters. The lowest BCUT2D eigenvalue weighted by molar-refractivity contribution is -0.192. The summed E-state index contributed by atoms with van der Waals surface area (Å²) >= 11 is 0. The number of fused-ring (bicyclic) bond motifs is 2. The molecule has 1 spiro atoms. The van der Waals surface area contributed by atoms with Crippen LogP contribution in [0, 0.1) is 0 Å². The highest BCUT2D eigenvalue weighted by atomic mass is 19.4. The fraction of sp³-hybridized carbons (Fsp3) is 0.517. The molecule has 2 aromatic rings. The Bertz CT molecular complexity index is 1190. The summed E-state index contributed by atoms with van der Waals surface area (Å²) < 4.78 is 42.8. The van der Waals surface area contributed by atoms with Crippen molar-refractivity contribution in [2.75, 3.05) is 71.5 Å². The Balaban J connectivity index is 0.000000470. The maximum absolute atomic E-state index is 13.5. The number of halogens is 3. The van der Waals surface area contributed by atoms with Gasteiger partial charge < -0.3 is 24.4 Å². The van der Waals surface area contributed by atoms with Gasteiger partial charge in [0, 0.05) is 64.1 Å². The summed E-state index contributed by atoms with van der Waals surface area (Å²) in [5, 5.41) is 7.12. The van der Waals surface area contributed by atoms with Crippen LogP contribution in [0.25, 0.3) is 11.1 Å². The van der Waals surface area contributed by atoms with Crippen molar-refractivity contribution in [3.05, 3.63) is 53.6 Å². The van der Waals surface area contributed by atoms with Crippen LogP contribution >= 0.6 is 0 Å². The van der Waals surface area contributed by atoms with Crippen molar-refractivity contribution in [2.45, 2.75) is 31.0 Å². The molecule has 3 heterocycles. The molecule has 1 amide bonds. The molecule has 2 fully saturated rings. The van der Waals surface area contributed by atoms with E-state index in [1.807, 2.05) is 0 Å². The molecule has 0 aliphatic carbocycles. The molecule has 1 N–H and O–H groups in total. The number of carboxylic acids is 1. The van der Waals surface area contributed by atoms with Crippen LogP contribution in [0.15, 0.2) is 42.5 Å². The number of hydrogen-bond donors (Lipinski definition) is 1. The van der Waals surface area contributed by atoms with Crippen LogP contribution in [0.2, 0.25) is 0 Å². The van der Waals surface area contributed by atoms with Crippen LogP contribution < -0.4 is 4.90 Å². The number of likely N-dealkylation sites (N-methyl/N-ethyl adjacent to an activating group) is 1. The van der Waals surface area contributed by atoms with Crippen LogP contribution in [0.4, 0.5) is 18.9 Å². The highest BCUT2D eigenvalue weighted by molar-refractivity contribution is 5.98. The number of anilines is 1. The average molecular weight is 564 g/mol. The molecule has 8 nitrogen and oxygen atoms in total. The van der Waals surface area contributed by atoms with Gasteiger partial charge >= 0.3 is 12.1 Å². The SMILES string of the molecule is COCc1cccc(-c2ccc3c(c2)C2(CCOCC2)CN3C(=O)CN2CCN(C)CC2)c1.O=C(O)C(F)(F)F. The second kappa shape index (κ2) is 12.7. The number of carbonyl (C=O) groups is 2. The Morgan fingerprint density at radius 3 is 2.30 bits per heavy atom. The van der Waals surface area contributed by atoms with Crippen molar-refractivity contribution in [3.63, 3.8) is 0 Å². The molecule has 40 heavy (non-hydrogen) atoms. The summed E-state index contributed by atoms with van der Waals surface area (Å²) in [5.74, 6) is -2.54. The molecule has 0 radical (unpaired) electrons. The molecule has 0 aromatic heterocycles. The van der Waals surface area contributed by atoms with E-state index in [4.69, 9.17) is 19.4 Å². The van der Waals surface area contributed by atoms with Crippen molar-refractivity contribution >= 4 is 17.6 Å². The monoisotopic (exact) mass is 563 g/mol. The molecule has 2 saturated heterocycles. The Morgan fingerprint density at radius 1 is 1.02 bits per heavy atom. The number of benzene rings is 2. The van der Waals surface area contributed by atoms with Gasteiger partial charge in [0.2, 0.25) is 5.91 Å². The topological polar surface area (TPSA) is 82.6 Å². The minimum Gasteiger partial charge on any atom is -0.475 e. The molecule has 5 rings (SSSR count). The normalized spacial score (nSPS) is 19.2. The summed E-state index contributed by atoms with van der Waals surface area (Å²) in [5.41, 5.74) is 5.95. The lowest BCUT2D eigenvalue weighted by Gasteiger charge is -2.35. The van der Waals surface area contributed by atoms with Crippen molar-refractivity contribution < 1.29 is 37.3 Å². The number of aliphatic carboxylic acids is 1. The maximum atomic E-state index is 13.5. The Hall–Kier alpha value is -2.99. The molecule has 11 heteroatoms. The molecular formula is C29H36F3N3O5. The van der Waals surface area contributed by atoms with Gasteiger partial charge in [0.05, 0.1) is 13.2 Å². The van der Waals surface area contributed by atoms with Crippen LogP contribution in [0.5, 0.6) is 0 Å². The second-order valence-electron chi connectivity index (χ2n) is 10.6. The fourth-order valence-electron chi connectivity index (χ4n) is 5.55. The standard InChI is InChI=1S/C27H35N3O3.C2HF3O2/c1-28-10-12-29(13-11-28)18-26(31)30-20-27(8-14-33-15-9-27)24-17-23(6-7-25(24)30)22-5-3-4-21(16-22)19-32-2;3-2(4,5)1(6)7/h3-7,16-17H,8-15,18-20H2,1-2H3;(H,6,7).